The highest BCUT2D eigenvalue weighted by Gasteiger charge is 2.09. The van der Waals surface area contributed by atoms with Crippen LogP contribution in [0.1, 0.15) is 23.7 Å². The van der Waals surface area contributed by atoms with Crippen LogP contribution < -0.4 is 10.5 Å². The largest absolute Gasteiger partial charge is 0.481 e. The van der Waals surface area contributed by atoms with Crippen molar-refractivity contribution in [3.63, 3.8) is 0 Å². The highest BCUT2D eigenvalue weighted by Crippen LogP contribution is 2.19. The van der Waals surface area contributed by atoms with Gasteiger partial charge in [-0.3, -0.25) is 0 Å². The molecule has 0 aromatic carbocycles. The molecule has 4 nitrogen and oxygen atoms in total. The molecule has 0 fully saturated rings. The van der Waals surface area contributed by atoms with Gasteiger partial charge in [0.05, 0.1) is 7.11 Å². The summed E-state index contributed by atoms with van der Waals surface area (Å²) < 4.78 is 4.99. The van der Waals surface area contributed by atoms with Gasteiger partial charge >= 0.3 is 0 Å². The Kier molecular flexibility index (Phi) is 3.85. The van der Waals surface area contributed by atoms with Gasteiger partial charge in [-0.1, -0.05) is 6.07 Å². The average Bonchev–Trinajstić information content (AvgIpc) is 2.17. The van der Waals surface area contributed by atoms with E-state index in [0.717, 1.165) is 11.3 Å². The van der Waals surface area contributed by atoms with Crippen LogP contribution in [0.3, 0.4) is 0 Å². The SMILES string of the molecule is COc1ccc(C(N)CCO)c(C)n1. The first-order valence-corrected chi connectivity index (χ1v) is 4.57. The summed E-state index contributed by atoms with van der Waals surface area (Å²) in [6.45, 7) is 1.97. The second-order valence-corrected chi connectivity index (χ2v) is 3.15. The van der Waals surface area contributed by atoms with Gasteiger partial charge in [-0.15, -0.1) is 0 Å². The maximum atomic E-state index is 8.76. The molecule has 0 radical (unpaired) electrons. The van der Waals surface area contributed by atoms with Crippen molar-refractivity contribution in [2.24, 2.45) is 5.73 Å². The van der Waals surface area contributed by atoms with Crippen molar-refractivity contribution < 1.29 is 9.84 Å². The molecule has 14 heavy (non-hydrogen) atoms. The van der Waals surface area contributed by atoms with E-state index in [9.17, 15) is 0 Å². The molecular formula is C10H16N2O2. The molecule has 0 saturated heterocycles. The van der Waals surface area contributed by atoms with Gasteiger partial charge < -0.3 is 15.6 Å². The molecule has 0 aliphatic heterocycles. The number of hydrogen-bond acceptors (Lipinski definition) is 4. The summed E-state index contributed by atoms with van der Waals surface area (Å²) in [5.74, 6) is 0.586. The Morgan fingerprint density at radius 1 is 1.57 bits per heavy atom. The van der Waals surface area contributed by atoms with Gasteiger partial charge in [-0.25, -0.2) is 4.98 Å². The van der Waals surface area contributed by atoms with Crippen molar-refractivity contribution in [1.29, 1.82) is 0 Å². The summed E-state index contributed by atoms with van der Waals surface area (Å²) in [7, 11) is 1.58. The average molecular weight is 196 g/mol. The van der Waals surface area contributed by atoms with Crippen LogP contribution in [0.4, 0.5) is 0 Å². The molecule has 4 heteroatoms. The fraction of sp³-hybridized carbons (Fsp3) is 0.500. The first kappa shape index (κ1) is 10.9. The minimum atomic E-state index is -0.154. The third-order valence-electron chi connectivity index (χ3n) is 2.15. The van der Waals surface area contributed by atoms with Gasteiger partial charge in [-0.2, -0.15) is 0 Å². The third kappa shape index (κ3) is 2.43. The first-order valence-electron chi connectivity index (χ1n) is 4.57. The van der Waals surface area contributed by atoms with Crippen LogP contribution in [0.15, 0.2) is 12.1 Å². The van der Waals surface area contributed by atoms with Crippen LogP contribution in [-0.4, -0.2) is 23.8 Å². The summed E-state index contributed by atoms with van der Waals surface area (Å²) in [5.41, 5.74) is 7.67. The monoisotopic (exact) mass is 196 g/mol. The molecule has 78 valence electrons. The fourth-order valence-corrected chi connectivity index (χ4v) is 1.35. The number of aromatic nitrogens is 1. The Morgan fingerprint density at radius 2 is 2.29 bits per heavy atom. The Hall–Kier alpha value is -1.13. The van der Waals surface area contributed by atoms with E-state index in [1.54, 1.807) is 13.2 Å². The highest BCUT2D eigenvalue weighted by atomic mass is 16.5. The molecular weight excluding hydrogens is 180 g/mol. The van der Waals surface area contributed by atoms with E-state index in [1.165, 1.54) is 0 Å². The van der Waals surface area contributed by atoms with Crippen molar-refractivity contribution in [3.8, 4) is 5.88 Å². The second kappa shape index (κ2) is 4.93. The van der Waals surface area contributed by atoms with Gasteiger partial charge in [0.1, 0.15) is 0 Å². The molecule has 1 heterocycles. The molecule has 0 bridgehead atoms. The summed E-state index contributed by atoms with van der Waals surface area (Å²) in [6, 6.07) is 3.51. The maximum Gasteiger partial charge on any atom is 0.213 e. The number of ether oxygens (including phenoxy) is 1. The minimum Gasteiger partial charge on any atom is -0.481 e. The van der Waals surface area contributed by atoms with Gasteiger partial charge in [-0.05, 0) is 18.9 Å². The van der Waals surface area contributed by atoms with E-state index in [0.29, 0.717) is 12.3 Å². The Balaban J connectivity index is 2.88. The van der Waals surface area contributed by atoms with E-state index < -0.39 is 0 Å². The molecule has 1 aromatic rings. The molecule has 0 saturated carbocycles. The smallest absolute Gasteiger partial charge is 0.213 e. The lowest BCUT2D eigenvalue weighted by Gasteiger charge is -2.13. The topological polar surface area (TPSA) is 68.4 Å². The summed E-state index contributed by atoms with van der Waals surface area (Å²) >= 11 is 0. The maximum absolute atomic E-state index is 8.76. The van der Waals surface area contributed by atoms with Crippen molar-refractivity contribution in [2.45, 2.75) is 19.4 Å². The number of nitrogens with zero attached hydrogens (tertiary/aromatic N) is 1. The summed E-state index contributed by atoms with van der Waals surface area (Å²) in [6.07, 6.45) is 0.550. The molecule has 0 amide bonds. The van der Waals surface area contributed by atoms with Crippen molar-refractivity contribution >= 4 is 0 Å². The normalized spacial score (nSPS) is 12.6. The number of pyridine rings is 1. The van der Waals surface area contributed by atoms with E-state index in [4.69, 9.17) is 15.6 Å². The Bertz CT molecular complexity index is 302. The highest BCUT2D eigenvalue weighted by molar-refractivity contribution is 5.27. The zero-order valence-electron chi connectivity index (χ0n) is 8.53. The zero-order valence-corrected chi connectivity index (χ0v) is 8.53. The van der Waals surface area contributed by atoms with Crippen molar-refractivity contribution in [2.75, 3.05) is 13.7 Å². The van der Waals surface area contributed by atoms with Gasteiger partial charge in [0.2, 0.25) is 5.88 Å². The number of aliphatic hydroxyl groups is 1. The van der Waals surface area contributed by atoms with Gasteiger partial charge in [0.25, 0.3) is 0 Å². The van der Waals surface area contributed by atoms with Gasteiger partial charge in [0, 0.05) is 24.4 Å². The van der Waals surface area contributed by atoms with E-state index >= 15 is 0 Å². The molecule has 1 atom stereocenters. The second-order valence-electron chi connectivity index (χ2n) is 3.15. The fourth-order valence-electron chi connectivity index (χ4n) is 1.35. The Morgan fingerprint density at radius 3 is 2.79 bits per heavy atom. The van der Waals surface area contributed by atoms with Crippen LogP contribution in [0.5, 0.6) is 5.88 Å². The molecule has 0 aliphatic carbocycles. The lowest BCUT2D eigenvalue weighted by atomic mass is 10.0. The van der Waals surface area contributed by atoms with Crippen molar-refractivity contribution in [1.82, 2.24) is 4.98 Å². The summed E-state index contributed by atoms with van der Waals surface area (Å²) in [4.78, 5) is 4.21. The molecule has 3 N–H and O–H groups in total. The number of rotatable bonds is 4. The number of aryl methyl sites for hydroxylation is 1. The molecule has 1 aromatic heterocycles. The van der Waals surface area contributed by atoms with Crippen LogP contribution in [0.25, 0.3) is 0 Å². The standard InChI is InChI=1S/C10H16N2O2/c1-7-8(9(11)5-6-13)3-4-10(12-7)14-2/h3-4,9,13H,5-6,11H2,1-2H3. The number of nitrogens with two attached hydrogens (primary N) is 1. The van der Waals surface area contributed by atoms with Crippen LogP contribution in [0, 0.1) is 6.92 Å². The zero-order chi connectivity index (χ0) is 10.6. The van der Waals surface area contributed by atoms with Crippen LogP contribution in [0.2, 0.25) is 0 Å². The Labute approximate surface area is 83.7 Å². The van der Waals surface area contributed by atoms with Gasteiger partial charge in [0.15, 0.2) is 0 Å². The molecule has 1 rings (SSSR count). The summed E-state index contributed by atoms with van der Waals surface area (Å²) in [5, 5.41) is 8.76. The predicted octanol–water partition coefficient (Wildman–Crippen LogP) is 0.781. The molecule has 1 unspecified atom stereocenters. The molecule has 0 spiro atoms. The van der Waals surface area contributed by atoms with E-state index in [2.05, 4.69) is 4.98 Å². The predicted molar refractivity (Wildman–Crippen MR) is 54.2 cm³/mol. The number of hydrogen-bond donors (Lipinski definition) is 2. The van der Waals surface area contributed by atoms with Crippen LogP contribution in [-0.2, 0) is 0 Å². The molecule has 0 aliphatic rings. The third-order valence-corrected chi connectivity index (χ3v) is 2.15. The lowest BCUT2D eigenvalue weighted by Crippen LogP contribution is -2.14. The number of aliphatic hydroxyl groups excluding tert-OH is 1. The van der Waals surface area contributed by atoms with E-state index in [1.807, 2.05) is 13.0 Å². The van der Waals surface area contributed by atoms with Crippen LogP contribution >= 0.6 is 0 Å². The van der Waals surface area contributed by atoms with Crippen molar-refractivity contribution in [3.05, 3.63) is 23.4 Å². The quantitative estimate of drug-likeness (QED) is 0.746. The first-order chi connectivity index (χ1) is 6.69. The van der Waals surface area contributed by atoms with E-state index in [-0.39, 0.29) is 12.6 Å². The minimum absolute atomic E-state index is 0.0899. The number of methoxy groups -OCH3 is 1. The lowest BCUT2D eigenvalue weighted by molar-refractivity contribution is 0.276.